The summed E-state index contributed by atoms with van der Waals surface area (Å²) in [4.78, 5) is 0. The van der Waals surface area contributed by atoms with E-state index in [9.17, 15) is 76.6 Å². The molecule has 0 saturated heterocycles. The van der Waals surface area contributed by atoms with Gasteiger partial charge in [0.2, 0.25) is 0 Å². The minimum atomic E-state index is -1.90. The average Bonchev–Trinajstić information content (AvgIpc) is 3.22. The molecule has 0 aliphatic carbocycles. The summed E-state index contributed by atoms with van der Waals surface area (Å²) in [6.07, 6.45) is -9.93. The quantitative estimate of drug-likeness (QED) is 0.106. The molecule has 0 radical (unpaired) electrons. The normalized spacial score (nSPS) is 23.6. The van der Waals surface area contributed by atoms with E-state index in [2.05, 4.69) is 0 Å². The summed E-state index contributed by atoms with van der Waals surface area (Å²) in [6.45, 7) is 0. The van der Waals surface area contributed by atoms with Gasteiger partial charge in [-0.2, -0.15) is 0 Å². The maximum atomic E-state index is 12.5. The summed E-state index contributed by atoms with van der Waals surface area (Å²) in [5, 5.41) is 166. The lowest BCUT2D eigenvalue weighted by Gasteiger charge is -2.43. The molecule has 0 spiro atoms. The number of phenolic OH excluding ortho intramolecular Hbond substituents is 12. The van der Waals surface area contributed by atoms with Crippen molar-refractivity contribution in [3.8, 4) is 86.2 Å². The second-order valence-corrected chi connectivity index (χ2v) is 15.7. The number of aliphatic hydroxyl groups excluding tert-OH is 3. The Bertz CT molecular complexity index is 2840. The highest BCUT2D eigenvalue weighted by molar-refractivity contribution is 5.70. The molecule has 15 N–H and O–H groups in total. The molecule has 18 nitrogen and oxygen atoms in total. The van der Waals surface area contributed by atoms with Crippen LogP contribution in [-0.2, 0) is 6.42 Å². The molecule has 0 amide bonds. The molecule has 9 rings (SSSR count). The molecular weight excluding hydrogens is 828 g/mol. The van der Waals surface area contributed by atoms with E-state index in [4.69, 9.17) is 14.2 Å². The molecule has 3 heterocycles. The first-order chi connectivity index (χ1) is 29.9. The number of phenols is 12. The first-order valence-electron chi connectivity index (χ1n) is 19.3. The van der Waals surface area contributed by atoms with Crippen molar-refractivity contribution in [2.24, 2.45) is 0 Å². The summed E-state index contributed by atoms with van der Waals surface area (Å²) in [6, 6.07) is 14.4. The van der Waals surface area contributed by atoms with E-state index in [1.54, 1.807) is 0 Å². The lowest BCUT2D eigenvalue weighted by Crippen LogP contribution is -2.39. The summed E-state index contributed by atoms with van der Waals surface area (Å²) in [5.74, 6) is -11.5. The lowest BCUT2D eigenvalue weighted by molar-refractivity contribution is -0.00562. The summed E-state index contributed by atoms with van der Waals surface area (Å²) < 4.78 is 18.9. The Hall–Kier alpha value is -7.80. The SMILES string of the molecule is Oc1cc(O)c2c(c1)O[C@H](c1ccc(O)c(O)c1)[C@@H](O)[C@@H]2c1c(O)cc(O)c2c1O[C@H](c1ccc(O)c(O)c1)[C@H](O)[C@@H]2c1c(O)cc(O)c2c1O[C@@H](c1ccc(O)c(O)c1)[C@@H](O)C2. The third kappa shape index (κ3) is 6.46. The van der Waals surface area contributed by atoms with Gasteiger partial charge in [0.25, 0.3) is 0 Å². The molecule has 0 unspecified atom stereocenters. The highest BCUT2D eigenvalue weighted by Crippen LogP contribution is 2.62. The van der Waals surface area contributed by atoms with E-state index in [0.717, 1.165) is 60.7 Å². The molecular formula is C45H38O18. The van der Waals surface area contributed by atoms with Crippen molar-refractivity contribution in [1.82, 2.24) is 0 Å². The Kier molecular flexibility index (Phi) is 9.46. The van der Waals surface area contributed by atoms with Crippen molar-refractivity contribution in [3.63, 3.8) is 0 Å². The summed E-state index contributed by atoms with van der Waals surface area (Å²) in [5.41, 5.74) is -1.10. The van der Waals surface area contributed by atoms with E-state index in [-0.39, 0.29) is 62.4 Å². The Balaban J connectivity index is 1.31. The number of aromatic hydroxyl groups is 12. The molecule has 3 aliphatic rings. The predicted molar refractivity (Wildman–Crippen MR) is 214 cm³/mol. The molecule has 8 atom stereocenters. The van der Waals surface area contributed by atoms with Gasteiger partial charge in [-0.25, -0.2) is 0 Å². The fourth-order valence-electron chi connectivity index (χ4n) is 8.94. The Morgan fingerprint density at radius 3 is 1.29 bits per heavy atom. The third-order valence-corrected chi connectivity index (χ3v) is 11.8. The highest BCUT2D eigenvalue weighted by Gasteiger charge is 2.51. The van der Waals surface area contributed by atoms with Crippen molar-refractivity contribution >= 4 is 0 Å². The molecule has 0 fully saturated rings. The van der Waals surface area contributed by atoms with Crippen LogP contribution in [0.1, 0.15) is 74.7 Å². The van der Waals surface area contributed by atoms with Crippen LogP contribution in [-0.4, -0.2) is 94.9 Å². The smallest absolute Gasteiger partial charge is 0.157 e. The standard InChI is InChI=1S/C45H38O18/c46-18-10-27(54)33-32(11-18)61-42(16-2-5-21(48)25(52)8-16)39(59)37(33)35-29(56)14-30(57)36-38(40(60)43(63-45(35)36)17-3-6-22(49)26(53)9-17)34-28(55)13-23(50)19-12-31(58)41(62-44(19)34)15-1-4-20(47)24(51)7-15/h1-11,13-14,31,37-43,46-60H,12H2/t31-,37-,38+,39-,40+,41-,42+,43+/m0/s1. The summed E-state index contributed by atoms with van der Waals surface area (Å²) in [7, 11) is 0. The minimum Gasteiger partial charge on any atom is -0.508 e. The fourth-order valence-corrected chi connectivity index (χ4v) is 8.94. The molecule has 3 aliphatic heterocycles. The Morgan fingerprint density at radius 2 is 0.778 bits per heavy atom. The second kappa shape index (κ2) is 14.7. The van der Waals surface area contributed by atoms with Crippen LogP contribution < -0.4 is 14.2 Å². The second-order valence-electron chi connectivity index (χ2n) is 15.7. The number of aliphatic hydroxyl groups is 3. The molecule has 0 aromatic heterocycles. The van der Waals surface area contributed by atoms with Gasteiger partial charge in [-0.15, -0.1) is 0 Å². The number of benzene rings is 6. The molecule has 0 bridgehead atoms. The zero-order valence-corrected chi connectivity index (χ0v) is 32.3. The maximum Gasteiger partial charge on any atom is 0.157 e. The first kappa shape index (κ1) is 40.6. The Labute approximate surface area is 354 Å². The van der Waals surface area contributed by atoms with Gasteiger partial charge in [-0.1, -0.05) is 18.2 Å². The average molecular weight is 867 g/mol. The van der Waals surface area contributed by atoms with Crippen LogP contribution in [0.3, 0.4) is 0 Å². The lowest BCUT2D eigenvalue weighted by atomic mass is 9.73. The zero-order valence-electron chi connectivity index (χ0n) is 32.3. The van der Waals surface area contributed by atoms with Crippen molar-refractivity contribution < 1.29 is 90.8 Å². The topological polar surface area (TPSA) is 331 Å². The molecule has 18 heteroatoms. The number of fused-ring (bicyclic) bond motifs is 3. The monoisotopic (exact) mass is 866 g/mol. The van der Waals surface area contributed by atoms with E-state index in [0.29, 0.717) is 0 Å². The van der Waals surface area contributed by atoms with Gasteiger partial charge < -0.3 is 90.8 Å². The third-order valence-electron chi connectivity index (χ3n) is 11.8. The maximum absolute atomic E-state index is 12.5. The summed E-state index contributed by atoms with van der Waals surface area (Å²) >= 11 is 0. The van der Waals surface area contributed by atoms with Crippen LogP contribution in [0.5, 0.6) is 86.2 Å². The Morgan fingerprint density at radius 1 is 0.365 bits per heavy atom. The molecule has 0 saturated carbocycles. The van der Waals surface area contributed by atoms with E-state index in [1.807, 2.05) is 0 Å². The molecule has 6 aromatic rings. The van der Waals surface area contributed by atoms with Crippen molar-refractivity contribution in [1.29, 1.82) is 0 Å². The van der Waals surface area contributed by atoms with Gasteiger partial charge in [0.15, 0.2) is 46.7 Å². The number of hydrogen-bond donors (Lipinski definition) is 15. The van der Waals surface area contributed by atoms with Crippen LogP contribution in [0.15, 0.2) is 78.9 Å². The van der Waals surface area contributed by atoms with E-state index in [1.165, 1.54) is 18.2 Å². The largest absolute Gasteiger partial charge is 0.508 e. The van der Waals surface area contributed by atoms with Crippen molar-refractivity contribution in [3.05, 3.63) is 123 Å². The van der Waals surface area contributed by atoms with Gasteiger partial charge in [-0.3, -0.25) is 0 Å². The zero-order chi connectivity index (χ0) is 44.9. The van der Waals surface area contributed by atoms with E-state index < -0.39 is 123 Å². The van der Waals surface area contributed by atoms with E-state index >= 15 is 0 Å². The molecule has 63 heavy (non-hydrogen) atoms. The fraction of sp³-hybridized carbons (Fsp3) is 0.200. The van der Waals surface area contributed by atoms with Crippen LogP contribution in [0.25, 0.3) is 0 Å². The first-order valence-corrected chi connectivity index (χ1v) is 19.3. The molecule has 6 aromatic carbocycles. The van der Waals surface area contributed by atoms with Gasteiger partial charge in [0, 0.05) is 58.5 Å². The van der Waals surface area contributed by atoms with Crippen LogP contribution in [0, 0.1) is 0 Å². The van der Waals surface area contributed by atoms with Crippen molar-refractivity contribution in [2.75, 3.05) is 0 Å². The minimum absolute atomic E-state index is 0.0127. The van der Waals surface area contributed by atoms with Gasteiger partial charge in [-0.05, 0) is 53.1 Å². The van der Waals surface area contributed by atoms with Crippen molar-refractivity contribution in [2.45, 2.75) is 54.9 Å². The van der Waals surface area contributed by atoms with Gasteiger partial charge in [0.1, 0.15) is 70.1 Å². The highest BCUT2D eigenvalue weighted by atomic mass is 16.5. The predicted octanol–water partition coefficient (Wildman–Crippen LogP) is 4.44. The van der Waals surface area contributed by atoms with Crippen LogP contribution >= 0.6 is 0 Å². The van der Waals surface area contributed by atoms with Crippen LogP contribution in [0.4, 0.5) is 0 Å². The number of ether oxygens (including phenoxy) is 3. The molecule has 326 valence electrons. The van der Waals surface area contributed by atoms with Gasteiger partial charge in [0.05, 0.1) is 17.9 Å². The van der Waals surface area contributed by atoms with Gasteiger partial charge >= 0.3 is 0 Å². The number of rotatable bonds is 5. The van der Waals surface area contributed by atoms with Crippen LogP contribution in [0.2, 0.25) is 0 Å². The number of hydrogen-bond acceptors (Lipinski definition) is 18.